The zero-order chi connectivity index (χ0) is 14.6. The molecule has 2 nitrogen and oxygen atoms in total. The van der Waals surface area contributed by atoms with E-state index in [0.29, 0.717) is 5.41 Å². The van der Waals surface area contributed by atoms with Crippen LogP contribution in [0.15, 0.2) is 0 Å². The van der Waals surface area contributed by atoms with E-state index in [1.165, 1.54) is 64.3 Å². The van der Waals surface area contributed by atoms with Crippen molar-refractivity contribution in [2.45, 2.75) is 96.7 Å². The van der Waals surface area contributed by atoms with Crippen LogP contribution in [-0.4, -0.2) is 36.6 Å². The topological polar surface area (TPSA) is 15.3 Å². The summed E-state index contributed by atoms with van der Waals surface area (Å²) in [4.78, 5) is 2.74. The smallest absolute Gasteiger partial charge is 0.00963 e. The summed E-state index contributed by atoms with van der Waals surface area (Å²) in [6.45, 7) is 8.33. The Hall–Kier alpha value is -0.0800. The maximum absolute atomic E-state index is 3.70. The van der Waals surface area contributed by atoms with Crippen molar-refractivity contribution in [2.75, 3.05) is 13.6 Å². The summed E-state index contributed by atoms with van der Waals surface area (Å²) < 4.78 is 0. The summed E-state index contributed by atoms with van der Waals surface area (Å²) in [5.74, 6) is 0. The van der Waals surface area contributed by atoms with E-state index >= 15 is 0 Å². The Morgan fingerprint density at radius 1 is 0.950 bits per heavy atom. The van der Waals surface area contributed by atoms with E-state index in [-0.39, 0.29) is 0 Å². The lowest BCUT2D eigenvalue weighted by Gasteiger charge is -2.43. The average molecular weight is 280 g/mol. The molecule has 118 valence electrons. The van der Waals surface area contributed by atoms with Crippen molar-refractivity contribution in [3.05, 3.63) is 0 Å². The minimum Gasteiger partial charge on any atom is -0.314 e. The van der Waals surface area contributed by atoms with Gasteiger partial charge in [-0.1, -0.05) is 20.8 Å². The highest BCUT2D eigenvalue weighted by Gasteiger charge is 2.32. The van der Waals surface area contributed by atoms with Crippen LogP contribution in [0.4, 0.5) is 0 Å². The Bertz CT molecular complexity index is 269. The lowest BCUT2D eigenvalue weighted by molar-refractivity contribution is 0.0735. The largest absolute Gasteiger partial charge is 0.314 e. The van der Waals surface area contributed by atoms with E-state index in [1.807, 2.05) is 0 Å². The van der Waals surface area contributed by atoms with Crippen molar-refractivity contribution < 1.29 is 0 Å². The fourth-order valence-electron chi connectivity index (χ4n) is 4.13. The molecule has 2 rings (SSSR count). The van der Waals surface area contributed by atoms with Gasteiger partial charge in [0, 0.05) is 18.1 Å². The van der Waals surface area contributed by atoms with E-state index in [9.17, 15) is 0 Å². The fraction of sp³-hybridized carbons (Fsp3) is 1.00. The molecule has 0 aromatic rings. The van der Waals surface area contributed by atoms with Crippen molar-refractivity contribution in [1.82, 2.24) is 10.2 Å². The minimum absolute atomic E-state index is 0.596. The molecule has 0 saturated heterocycles. The Labute approximate surface area is 126 Å². The highest BCUT2D eigenvalue weighted by atomic mass is 15.2. The Kier molecular flexibility index (Phi) is 5.92. The first-order valence-corrected chi connectivity index (χ1v) is 8.97. The Balaban J connectivity index is 1.73. The minimum atomic E-state index is 0.596. The zero-order valence-electron chi connectivity index (χ0n) is 14.3. The number of nitrogens with zero attached hydrogens (tertiary/aromatic N) is 1. The molecule has 20 heavy (non-hydrogen) atoms. The van der Waals surface area contributed by atoms with Gasteiger partial charge in [-0.3, -0.25) is 0 Å². The van der Waals surface area contributed by atoms with Gasteiger partial charge >= 0.3 is 0 Å². The molecular weight excluding hydrogens is 244 g/mol. The molecule has 2 aliphatic rings. The lowest BCUT2D eigenvalue weighted by atomic mass is 9.75. The molecule has 0 heterocycles. The van der Waals surface area contributed by atoms with Crippen LogP contribution in [0.1, 0.15) is 78.6 Å². The predicted octanol–water partition coefficient (Wildman–Crippen LogP) is 4.20. The van der Waals surface area contributed by atoms with Gasteiger partial charge in [0.2, 0.25) is 0 Å². The molecular formula is C18H36N2. The van der Waals surface area contributed by atoms with Gasteiger partial charge in [-0.2, -0.15) is 0 Å². The van der Waals surface area contributed by atoms with Crippen LogP contribution < -0.4 is 5.32 Å². The third kappa shape index (κ3) is 4.46. The van der Waals surface area contributed by atoms with E-state index in [1.54, 1.807) is 0 Å². The lowest BCUT2D eigenvalue weighted by Crippen LogP contribution is -2.46. The molecule has 2 heteroatoms. The Morgan fingerprint density at radius 3 is 2.05 bits per heavy atom. The van der Waals surface area contributed by atoms with Crippen LogP contribution in [0, 0.1) is 5.41 Å². The molecule has 0 aromatic heterocycles. The normalized spacial score (nSPS) is 31.6. The van der Waals surface area contributed by atoms with Crippen LogP contribution in [0.2, 0.25) is 0 Å². The summed E-state index contributed by atoms with van der Waals surface area (Å²) in [7, 11) is 2.40. The monoisotopic (exact) mass is 280 g/mol. The summed E-state index contributed by atoms with van der Waals surface area (Å²) in [5.41, 5.74) is 0.596. The average Bonchev–Trinajstić information content (AvgIpc) is 2.45. The number of nitrogens with one attached hydrogen (secondary N) is 1. The van der Waals surface area contributed by atoms with E-state index < -0.39 is 0 Å². The van der Waals surface area contributed by atoms with Gasteiger partial charge in [-0.05, 0) is 76.8 Å². The van der Waals surface area contributed by atoms with Gasteiger partial charge in [-0.25, -0.2) is 0 Å². The van der Waals surface area contributed by atoms with Crippen molar-refractivity contribution in [3.8, 4) is 0 Å². The molecule has 2 fully saturated rings. The second-order valence-corrected chi connectivity index (χ2v) is 8.02. The van der Waals surface area contributed by atoms with Crippen molar-refractivity contribution in [2.24, 2.45) is 5.41 Å². The van der Waals surface area contributed by atoms with Crippen molar-refractivity contribution in [3.63, 3.8) is 0 Å². The molecule has 2 saturated carbocycles. The van der Waals surface area contributed by atoms with Crippen molar-refractivity contribution in [1.29, 1.82) is 0 Å². The first-order chi connectivity index (χ1) is 9.52. The molecule has 0 aliphatic heterocycles. The van der Waals surface area contributed by atoms with Gasteiger partial charge in [0.25, 0.3) is 0 Å². The molecule has 0 bridgehead atoms. The second kappa shape index (κ2) is 7.26. The Morgan fingerprint density at radius 2 is 1.50 bits per heavy atom. The molecule has 0 radical (unpaired) electrons. The first kappa shape index (κ1) is 16.3. The van der Waals surface area contributed by atoms with E-state index in [0.717, 1.165) is 18.1 Å². The van der Waals surface area contributed by atoms with Gasteiger partial charge in [0.15, 0.2) is 0 Å². The SMILES string of the molecule is CCCNC1CCC(N(C)C2CCC(C)(C)CC2)CC1. The van der Waals surface area contributed by atoms with E-state index in [4.69, 9.17) is 0 Å². The molecule has 0 atom stereocenters. The zero-order valence-corrected chi connectivity index (χ0v) is 14.3. The van der Waals surface area contributed by atoms with E-state index in [2.05, 4.69) is 38.0 Å². The van der Waals surface area contributed by atoms with Gasteiger partial charge in [0.1, 0.15) is 0 Å². The standard InChI is InChI=1S/C18H36N2/c1-5-14-19-15-6-8-16(9-7-15)20(4)17-10-12-18(2,3)13-11-17/h15-17,19H,5-14H2,1-4H3. The predicted molar refractivity (Wildman–Crippen MR) is 88.1 cm³/mol. The van der Waals surface area contributed by atoms with Gasteiger partial charge in [-0.15, -0.1) is 0 Å². The summed E-state index contributed by atoms with van der Waals surface area (Å²) >= 11 is 0. The molecule has 2 aliphatic carbocycles. The van der Waals surface area contributed by atoms with Crippen molar-refractivity contribution >= 4 is 0 Å². The first-order valence-electron chi connectivity index (χ1n) is 8.97. The third-order valence-electron chi connectivity index (χ3n) is 5.84. The van der Waals surface area contributed by atoms with Gasteiger partial charge < -0.3 is 10.2 Å². The van der Waals surface area contributed by atoms with Crippen LogP contribution in [-0.2, 0) is 0 Å². The molecule has 0 amide bonds. The maximum Gasteiger partial charge on any atom is 0.00963 e. The molecule has 0 spiro atoms. The number of hydrogen-bond donors (Lipinski definition) is 1. The van der Waals surface area contributed by atoms with Crippen LogP contribution >= 0.6 is 0 Å². The quantitative estimate of drug-likeness (QED) is 0.812. The fourth-order valence-corrected chi connectivity index (χ4v) is 4.13. The van der Waals surface area contributed by atoms with Crippen LogP contribution in [0.5, 0.6) is 0 Å². The third-order valence-corrected chi connectivity index (χ3v) is 5.84. The van der Waals surface area contributed by atoms with Gasteiger partial charge in [0.05, 0.1) is 0 Å². The summed E-state index contributed by atoms with van der Waals surface area (Å²) in [5, 5.41) is 3.70. The summed E-state index contributed by atoms with van der Waals surface area (Å²) in [6.07, 6.45) is 12.5. The maximum atomic E-state index is 3.70. The van der Waals surface area contributed by atoms with Crippen LogP contribution in [0.3, 0.4) is 0 Å². The number of rotatable bonds is 5. The molecule has 0 unspecified atom stereocenters. The summed E-state index contributed by atoms with van der Waals surface area (Å²) in [6, 6.07) is 2.50. The number of hydrogen-bond acceptors (Lipinski definition) is 2. The highest BCUT2D eigenvalue weighted by molar-refractivity contribution is 4.88. The second-order valence-electron chi connectivity index (χ2n) is 8.02. The molecule has 0 aromatic carbocycles. The molecule has 1 N–H and O–H groups in total. The highest BCUT2D eigenvalue weighted by Crippen LogP contribution is 2.38. The van der Waals surface area contributed by atoms with Crippen LogP contribution in [0.25, 0.3) is 0 Å².